The third-order valence-electron chi connectivity index (χ3n) is 3.35. The molecule has 0 aliphatic carbocycles. The molecule has 1 N–H and O–H groups in total. The molecular formula is C13H18N2O4. The molecule has 1 saturated heterocycles. The van der Waals surface area contributed by atoms with Crippen molar-refractivity contribution < 1.29 is 14.8 Å². The van der Waals surface area contributed by atoms with E-state index in [1.807, 2.05) is 0 Å². The number of rotatable bonds is 6. The van der Waals surface area contributed by atoms with E-state index in [-0.39, 0.29) is 12.3 Å². The summed E-state index contributed by atoms with van der Waals surface area (Å²) in [7, 11) is 0. The lowest BCUT2D eigenvalue weighted by Gasteiger charge is -2.15. The predicted octanol–water partition coefficient (Wildman–Crippen LogP) is 1.29. The average Bonchev–Trinajstić information content (AvgIpc) is 2.87. The summed E-state index contributed by atoms with van der Waals surface area (Å²) >= 11 is 0. The number of hydrogen-bond donors (Lipinski definition) is 1. The predicted molar refractivity (Wildman–Crippen MR) is 70.2 cm³/mol. The van der Waals surface area contributed by atoms with Crippen LogP contribution in [-0.4, -0.2) is 47.8 Å². The van der Waals surface area contributed by atoms with Crippen molar-refractivity contribution in [1.29, 1.82) is 0 Å². The number of aliphatic hydroxyl groups excluding tert-OH is 1. The lowest BCUT2D eigenvalue weighted by atomic mass is 10.1. The van der Waals surface area contributed by atoms with Gasteiger partial charge in [0, 0.05) is 31.8 Å². The van der Waals surface area contributed by atoms with Crippen LogP contribution in [-0.2, 0) is 0 Å². The molecule has 0 bridgehead atoms. The number of nitro groups is 1. The van der Waals surface area contributed by atoms with Crippen molar-refractivity contribution in [3.8, 4) is 5.75 Å². The molecule has 1 aliphatic rings. The van der Waals surface area contributed by atoms with Gasteiger partial charge in [0.1, 0.15) is 12.4 Å². The van der Waals surface area contributed by atoms with Crippen LogP contribution in [0.25, 0.3) is 0 Å². The summed E-state index contributed by atoms with van der Waals surface area (Å²) in [6.07, 6.45) is 1.04. The topological polar surface area (TPSA) is 75.8 Å². The van der Waals surface area contributed by atoms with Crippen LogP contribution in [0.1, 0.15) is 6.42 Å². The molecule has 6 heteroatoms. The molecule has 0 saturated carbocycles. The summed E-state index contributed by atoms with van der Waals surface area (Å²) in [5, 5.41) is 19.5. The highest BCUT2D eigenvalue weighted by Gasteiger charge is 2.21. The SMILES string of the molecule is O=[N+]([O-])c1ccc(OCCN2CCC(CO)C2)cc1. The second-order valence-electron chi connectivity index (χ2n) is 4.74. The zero-order valence-electron chi connectivity index (χ0n) is 10.7. The molecule has 1 heterocycles. The first-order valence-corrected chi connectivity index (χ1v) is 6.39. The Labute approximate surface area is 111 Å². The number of hydrogen-bond acceptors (Lipinski definition) is 5. The van der Waals surface area contributed by atoms with Gasteiger partial charge in [0.05, 0.1) is 4.92 Å². The number of nitro benzene ring substituents is 1. The zero-order chi connectivity index (χ0) is 13.7. The third-order valence-corrected chi connectivity index (χ3v) is 3.35. The van der Waals surface area contributed by atoms with E-state index in [0.29, 0.717) is 18.3 Å². The summed E-state index contributed by atoms with van der Waals surface area (Å²) in [5.41, 5.74) is 0.0673. The number of non-ortho nitro benzene ring substituents is 1. The van der Waals surface area contributed by atoms with Crippen LogP contribution >= 0.6 is 0 Å². The fourth-order valence-corrected chi connectivity index (χ4v) is 2.22. The van der Waals surface area contributed by atoms with E-state index in [1.165, 1.54) is 12.1 Å². The van der Waals surface area contributed by atoms with Gasteiger partial charge in [-0.05, 0) is 31.0 Å². The first kappa shape index (κ1) is 13.8. The van der Waals surface area contributed by atoms with Crippen LogP contribution in [0.5, 0.6) is 5.75 Å². The average molecular weight is 266 g/mol. The molecule has 1 fully saturated rings. The molecule has 0 spiro atoms. The standard InChI is InChI=1S/C13H18N2O4/c16-10-11-5-6-14(9-11)7-8-19-13-3-1-12(2-4-13)15(17)18/h1-4,11,16H,5-10H2. The van der Waals surface area contributed by atoms with Gasteiger partial charge in [-0.25, -0.2) is 0 Å². The van der Waals surface area contributed by atoms with Crippen LogP contribution in [0.15, 0.2) is 24.3 Å². The fraction of sp³-hybridized carbons (Fsp3) is 0.538. The van der Waals surface area contributed by atoms with Crippen molar-refractivity contribution in [1.82, 2.24) is 4.90 Å². The highest BCUT2D eigenvalue weighted by Crippen LogP contribution is 2.18. The zero-order valence-corrected chi connectivity index (χ0v) is 10.7. The van der Waals surface area contributed by atoms with Crippen LogP contribution in [0.3, 0.4) is 0 Å². The molecule has 1 aromatic rings. The Morgan fingerprint density at radius 3 is 2.74 bits per heavy atom. The molecular weight excluding hydrogens is 248 g/mol. The van der Waals surface area contributed by atoms with Crippen LogP contribution in [0, 0.1) is 16.0 Å². The lowest BCUT2D eigenvalue weighted by molar-refractivity contribution is -0.384. The van der Waals surface area contributed by atoms with E-state index in [9.17, 15) is 10.1 Å². The Morgan fingerprint density at radius 2 is 2.16 bits per heavy atom. The molecule has 1 atom stereocenters. The van der Waals surface area contributed by atoms with Crippen molar-refractivity contribution in [2.45, 2.75) is 6.42 Å². The maximum atomic E-state index is 10.5. The van der Waals surface area contributed by atoms with Gasteiger partial charge in [0.15, 0.2) is 0 Å². The van der Waals surface area contributed by atoms with Gasteiger partial charge in [-0.3, -0.25) is 15.0 Å². The summed E-state index contributed by atoms with van der Waals surface area (Å²) in [6, 6.07) is 6.09. The summed E-state index contributed by atoms with van der Waals surface area (Å²) in [6.45, 7) is 3.53. The molecule has 1 aliphatic heterocycles. The Hall–Kier alpha value is -1.66. The molecule has 1 aromatic carbocycles. The van der Waals surface area contributed by atoms with Gasteiger partial charge in [0.2, 0.25) is 0 Å². The van der Waals surface area contributed by atoms with Gasteiger partial charge in [-0.2, -0.15) is 0 Å². The van der Waals surface area contributed by atoms with Crippen molar-refractivity contribution in [2.24, 2.45) is 5.92 Å². The second kappa shape index (κ2) is 6.49. The summed E-state index contributed by atoms with van der Waals surface area (Å²) in [5.74, 6) is 1.03. The molecule has 19 heavy (non-hydrogen) atoms. The minimum Gasteiger partial charge on any atom is -0.492 e. The Kier molecular flexibility index (Phi) is 4.70. The van der Waals surface area contributed by atoms with E-state index < -0.39 is 4.92 Å². The van der Waals surface area contributed by atoms with Crippen molar-refractivity contribution in [3.63, 3.8) is 0 Å². The monoisotopic (exact) mass is 266 g/mol. The Bertz CT molecular complexity index is 421. The van der Waals surface area contributed by atoms with E-state index >= 15 is 0 Å². The van der Waals surface area contributed by atoms with Gasteiger partial charge < -0.3 is 9.84 Å². The van der Waals surface area contributed by atoms with E-state index in [4.69, 9.17) is 9.84 Å². The van der Waals surface area contributed by atoms with Gasteiger partial charge in [-0.1, -0.05) is 0 Å². The quantitative estimate of drug-likeness (QED) is 0.620. The molecule has 1 unspecified atom stereocenters. The number of aliphatic hydroxyl groups is 1. The summed E-state index contributed by atoms with van der Waals surface area (Å²) < 4.78 is 5.54. The minimum atomic E-state index is -0.428. The third kappa shape index (κ3) is 3.90. The summed E-state index contributed by atoms with van der Waals surface area (Å²) in [4.78, 5) is 12.3. The first-order valence-electron chi connectivity index (χ1n) is 6.39. The largest absolute Gasteiger partial charge is 0.492 e. The molecule has 0 aromatic heterocycles. The van der Waals surface area contributed by atoms with Crippen LogP contribution in [0.2, 0.25) is 0 Å². The first-order chi connectivity index (χ1) is 9.19. The van der Waals surface area contributed by atoms with Gasteiger partial charge in [-0.15, -0.1) is 0 Å². The molecule has 6 nitrogen and oxygen atoms in total. The van der Waals surface area contributed by atoms with Crippen molar-refractivity contribution >= 4 is 5.69 Å². The fourth-order valence-electron chi connectivity index (χ4n) is 2.22. The smallest absolute Gasteiger partial charge is 0.269 e. The van der Waals surface area contributed by atoms with Crippen molar-refractivity contribution in [2.75, 3.05) is 32.8 Å². The van der Waals surface area contributed by atoms with Gasteiger partial charge in [0.25, 0.3) is 5.69 Å². The molecule has 104 valence electrons. The maximum Gasteiger partial charge on any atom is 0.269 e. The number of likely N-dealkylation sites (tertiary alicyclic amines) is 1. The Balaban J connectivity index is 1.72. The molecule has 0 amide bonds. The highest BCUT2D eigenvalue weighted by molar-refractivity contribution is 5.35. The molecule has 2 rings (SSSR count). The number of benzene rings is 1. The van der Waals surface area contributed by atoms with E-state index in [1.54, 1.807) is 12.1 Å². The van der Waals surface area contributed by atoms with E-state index in [2.05, 4.69) is 4.90 Å². The number of ether oxygens (including phenoxy) is 1. The van der Waals surface area contributed by atoms with E-state index in [0.717, 1.165) is 26.1 Å². The molecule has 0 radical (unpaired) electrons. The highest BCUT2D eigenvalue weighted by atomic mass is 16.6. The number of nitrogens with zero attached hydrogens (tertiary/aromatic N) is 2. The van der Waals surface area contributed by atoms with Gasteiger partial charge >= 0.3 is 0 Å². The maximum absolute atomic E-state index is 10.5. The Morgan fingerprint density at radius 1 is 1.42 bits per heavy atom. The van der Waals surface area contributed by atoms with Crippen molar-refractivity contribution in [3.05, 3.63) is 34.4 Å². The minimum absolute atomic E-state index is 0.0673. The van der Waals surface area contributed by atoms with Crippen LogP contribution < -0.4 is 4.74 Å². The lowest BCUT2D eigenvalue weighted by Crippen LogP contribution is -2.26. The normalized spacial score (nSPS) is 19.5. The van der Waals surface area contributed by atoms with Crippen LogP contribution in [0.4, 0.5) is 5.69 Å². The second-order valence-corrected chi connectivity index (χ2v) is 4.74.